The Morgan fingerprint density at radius 3 is 2.89 bits per heavy atom. The second kappa shape index (κ2) is 5.53. The summed E-state index contributed by atoms with van der Waals surface area (Å²) in [5, 5.41) is 6.05. The molecule has 1 atom stereocenters. The van der Waals surface area contributed by atoms with Gasteiger partial charge in [-0.2, -0.15) is 8.78 Å². The van der Waals surface area contributed by atoms with Crippen molar-refractivity contribution in [1.82, 2.24) is 19.9 Å². The van der Waals surface area contributed by atoms with Crippen molar-refractivity contribution in [1.29, 1.82) is 0 Å². The maximum atomic E-state index is 12.6. The molecule has 4 nitrogen and oxygen atoms in total. The predicted octanol–water partition coefficient (Wildman–Crippen LogP) is 2.89. The van der Waals surface area contributed by atoms with Crippen LogP contribution in [-0.4, -0.2) is 14.5 Å². The number of hydrogen-bond donors (Lipinski definition) is 1. The monoisotopic (exact) mass is 272 g/mol. The number of nitrogens with one attached hydrogen (secondary N) is 1. The lowest BCUT2D eigenvalue weighted by molar-refractivity contribution is 0.0665. The van der Waals surface area contributed by atoms with Crippen LogP contribution in [0.5, 0.6) is 0 Å². The van der Waals surface area contributed by atoms with Crippen LogP contribution in [0, 0.1) is 6.92 Å². The Kier molecular flexibility index (Phi) is 4.03. The number of nitrogens with zero attached hydrogens (tertiary/aromatic N) is 3. The van der Waals surface area contributed by atoms with E-state index in [0.717, 1.165) is 15.3 Å². The van der Waals surface area contributed by atoms with Gasteiger partial charge in [-0.1, -0.05) is 0 Å². The summed E-state index contributed by atoms with van der Waals surface area (Å²) in [6.45, 7) is 1.61. The van der Waals surface area contributed by atoms with Crippen molar-refractivity contribution in [2.75, 3.05) is 0 Å². The third-order valence-electron chi connectivity index (χ3n) is 2.53. The molecule has 0 saturated carbocycles. The number of halogens is 2. The van der Waals surface area contributed by atoms with Crippen LogP contribution in [0.1, 0.15) is 36.0 Å². The van der Waals surface area contributed by atoms with E-state index >= 15 is 0 Å². The minimum atomic E-state index is -2.55. The first-order valence-electron chi connectivity index (χ1n) is 5.53. The van der Waals surface area contributed by atoms with Crippen molar-refractivity contribution in [3.05, 3.63) is 34.3 Å². The summed E-state index contributed by atoms with van der Waals surface area (Å²) in [6.07, 6.45) is 2.65. The van der Waals surface area contributed by atoms with Gasteiger partial charge in [-0.25, -0.2) is 9.97 Å². The Bertz CT molecular complexity index is 509. The Labute approximate surface area is 108 Å². The largest absolute Gasteiger partial charge is 0.319 e. The van der Waals surface area contributed by atoms with Gasteiger partial charge in [-0.3, -0.25) is 4.57 Å². The quantitative estimate of drug-likeness (QED) is 0.910. The third-order valence-corrected chi connectivity index (χ3v) is 3.68. The molecule has 18 heavy (non-hydrogen) atoms. The standard InChI is InChI=1S/C11H14F2N4S/c1-7-6-18-10(16-7)8(2)15-5-9-14-3-4-17(9)11(12)13/h3-4,6,8,11,15H,5H2,1-2H3. The highest BCUT2D eigenvalue weighted by Gasteiger charge is 2.13. The van der Waals surface area contributed by atoms with Crippen LogP contribution in [0.3, 0.4) is 0 Å². The van der Waals surface area contributed by atoms with Crippen molar-refractivity contribution in [3.8, 4) is 0 Å². The number of imidazole rings is 1. The van der Waals surface area contributed by atoms with Gasteiger partial charge in [0.25, 0.3) is 0 Å². The molecular weight excluding hydrogens is 258 g/mol. The Morgan fingerprint density at radius 2 is 2.28 bits per heavy atom. The second-order valence-corrected chi connectivity index (χ2v) is 4.85. The molecule has 0 bridgehead atoms. The first-order chi connectivity index (χ1) is 8.58. The van der Waals surface area contributed by atoms with E-state index < -0.39 is 6.55 Å². The van der Waals surface area contributed by atoms with Crippen molar-refractivity contribution < 1.29 is 8.78 Å². The highest BCUT2D eigenvalue weighted by atomic mass is 32.1. The highest BCUT2D eigenvalue weighted by molar-refractivity contribution is 7.09. The van der Waals surface area contributed by atoms with Crippen LogP contribution in [0.15, 0.2) is 17.8 Å². The molecule has 7 heteroatoms. The first-order valence-corrected chi connectivity index (χ1v) is 6.41. The summed E-state index contributed by atoms with van der Waals surface area (Å²) < 4.78 is 26.0. The Hall–Kier alpha value is -1.34. The van der Waals surface area contributed by atoms with E-state index in [1.165, 1.54) is 12.4 Å². The maximum Gasteiger partial charge on any atom is 0.319 e. The highest BCUT2D eigenvalue weighted by Crippen LogP contribution is 2.18. The van der Waals surface area contributed by atoms with Crippen LogP contribution in [-0.2, 0) is 6.54 Å². The molecular formula is C11H14F2N4S. The average Bonchev–Trinajstić information content (AvgIpc) is 2.94. The molecule has 2 rings (SSSR count). The topological polar surface area (TPSA) is 42.7 Å². The van der Waals surface area contributed by atoms with Crippen LogP contribution >= 0.6 is 11.3 Å². The van der Waals surface area contributed by atoms with E-state index in [9.17, 15) is 8.78 Å². The van der Waals surface area contributed by atoms with Gasteiger partial charge in [0.15, 0.2) is 0 Å². The van der Waals surface area contributed by atoms with E-state index in [0.29, 0.717) is 5.82 Å². The fourth-order valence-electron chi connectivity index (χ4n) is 1.56. The van der Waals surface area contributed by atoms with Gasteiger partial charge >= 0.3 is 6.55 Å². The fourth-order valence-corrected chi connectivity index (χ4v) is 2.39. The van der Waals surface area contributed by atoms with Crippen LogP contribution < -0.4 is 5.32 Å². The van der Waals surface area contributed by atoms with Gasteiger partial charge in [-0.15, -0.1) is 11.3 Å². The fraction of sp³-hybridized carbons (Fsp3) is 0.455. The van der Waals surface area contributed by atoms with Gasteiger partial charge in [0.2, 0.25) is 0 Å². The second-order valence-electron chi connectivity index (χ2n) is 3.96. The molecule has 0 amide bonds. The lowest BCUT2D eigenvalue weighted by Gasteiger charge is -2.12. The minimum absolute atomic E-state index is 0.0199. The summed E-state index contributed by atoms with van der Waals surface area (Å²) in [5.41, 5.74) is 0.970. The average molecular weight is 272 g/mol. The molecule has 0 saturated heterocycles. The Balaban J connectivity index is 1.97. The van der Waals surface area contributed by atoms with Crippen LogP contribution in [0.25, 0.3) is 0 Å². The summed E-state index contributed by atoms with van der Waals surface area (Å²) >= 11 is 1.56. The zero-order valence-corrected chi connectivity index (χ0v) is 10.9. The zero-order chi connectivity index (χ0) is 13.1. The van der Waals surface area contributed by atoms with Gasteiger partial charge in [-0.05, 0) is 13.8 Å². The van der Waals surface area contributed by atoms with Gasteiger partial charge in [0.05, 0.1) is 12.6 Å². The third kappa shape index (κ3) is 2.91. The van der Waals surface area contributed by atoms with Crippen molar-refractivity contribution in [2.24, 2.45) is 0 Å². The number of aromatic nitrogens is 3. The molecule has 98 valence electrons. The molecule has 1 unspecified atom stereocenters. The van der Waals surface area contributed by atoms with Crippen LogP contribution in [0.4, 0.5) is 8.78 Å². The molecule has 0 aromatic carbocycles. The SMILES string of the molecule is Cc1csc(C(C)NCc2nccn2C(F)F)n1. The van der Waals surface area contributed by atoms with Crippen molar-refractivity contribution in [3.63, 3.8) is 0 Å². The van der Waals surface area contributed by atoms with E-state index in [-0.39, 0.29) is 12.6 Å². The smallest absolute Gasteiger partial charge is 0.301 e. The van der Waals surface area contributed by atoms with Gasteiger partial charge in [0.1, 0.15) is 10.8 Å². The summed E-state index contributed by atoms with van der Waals surface area (Å²) in [4.78, 5) is 8.26. The lowest BCUT2D eigenvalue weighted by atomic mass is 10.3. The lowest BCUT2D eigenvalue weighted by Crippen LogP contribution is -2.20. The molecule has 0 aliphatic heterocycles. The normalized spacial score (nSPS) is 13.2. The first kappa shape index (κ1) is 13.1. The summed E-state index contributed by atoms with van der Waals surface area (Å²) in [6, 6.07) is 0.0199. The summed E-state index contributed by atoms with van der Waals surface area (Å²) in [7, 11) is 0. The van der Waals surface area contributed by atoms with E-state index in [4.69, 9.17) is 0 Å². The molecule has 0 spiro atoms. The molecule has 0 radical (unpaired) electrons. The molecule has 2 aromatic rings. The zero-order valence-electron chi connectivity index (χ0n) is 10.1. The van der Waals surface area contributed by atoms with E-state index in [1.54, 1.807) is 11.3 Å². The predicted molar refractivity (Wildman–Crippen MR) is 65.6 cm³/mol. The maximum absolute atomic E-state index is 12.6. The number of hydrogen-bond acceptors (Lipinski definition) is 4. The minimum Gasteiger partial charge on any atom is -0.301 e. The van der Waals surface area contributed by atoms with Gasteiger partial charge < -0.3 is 5.32 Å². The molecule has 1 N–H and O–H groups in total. The molecule has 2 aromatic heterocycles. The van der Waals surface area contributed by atoms with Crippen molar-refractivity contribution >= 4 is 11.3 Å². The number of rotatable bonds is 5. The van der Waals surface area contributed by atoms with E-state index in [2.05, 4.69) is 15.3 Å². The molecule has 0 aliphatic rings. The van der Waals surface area contributed by atoms with E-state index in [1.807, 2.05) is 19.2 Å². The number of thiazole rings is 1. The van der Waals surface area contributed by atoms with Crippen molar-refractivity contribution in [2.45, 2.75) is 33.0 Å². The molecule has 0 aliphatic carbocycles. The summed E-state index contributed by atoms with van der Waals surface area (Å²) in [5.74, 6) is 0.324. The number of aryl methyl sites for hydroxylation is 1. The van der Waals surface area contributed by atoms with Gasteiger partial charge in [0, 0.05) is 23.5 Å². The molecule has 2 heterocycles. The Morgan fingerprint density at radius 1 is 1.50 bits per heavy atom. The van der Waals surface area contributed by atoms with Crippen LogP contribution in [0.2, 0.25) is 0 Å². The number of alkyl halides is 2. The molecule has 0 fully saturated rings.